The number of sulfonamides is 2. The SMILES string of the molecule is CNC(=O)c1c(-c2ccc(F)cc2)oc2cc(N(CCOCCOCCc3ccccc3C(=O)O)S(C)(=O)=O)c(C3CC3)cc12.CNC(=O)c1c(-c2ccc(F)cc2)oc2cc(N(CCOCCOCCc3ccccc3C(=O)OC)S(C)(=O)=O)c(C3CC3)cc12. The maximum Gasteiger partial charge on any atom is 0.338 e. The van der Waals surface area contributed by atoms with Gasteiger partial charge in [-0.05, 0) is 145 Å². The largest absolute Gasteiger partial charge is 0.478 e. The monoisotopic (exact) mass is 1290 g/mol. The maximum absolute atomic E-state index is 13.6. The number of furan rings is 2. The van der Waals surface area contributed by atoms with Crippen LogP contribution < -0.4 is 19.2 Å². The number of amides is 2. The number of carboxylic acid groups (broad SMARTS) is 1. The van der Waals surface area contributed by atoms with Crippen LogP contribution in [0, 0.1) is 11.6 Å². The number of carboxylic acids is 1. The Morgan fingerprint density at radius 3 is 1.27 bits per heavy atom. The summed E-state index contributed by atoms with van der Waals surface area (Å²) in [5.41, 5.74) is 7.12. The Hall–Kier alpha value is -8.52. The third kappa shape index (κ3) is 16.7. The molecule has 2 aliphatic rings. The van der Waals surface area contributed by atoms with Gasteiger partial charge in [-0.25, -0.2) is 35.2 Å². The molecule has 10 rings (SSSR count). The van der Waals surface area contributed by atoms with Gasteiger partial charge in [0.25, 0.3) is 11.8 Å². The first-order chi connectivity index (χ1) is 43.7. The molecule has 0 unspecified atom stereocenters. The normalized spacial score (nSPS) is 13.2. The second-order valence-electron chi connectivity index (χ2n) is 21.9. The maximum atomic E-state index is 13.6. The number of halogens is 2. The van der Waals surface area contributed by atoms with Gasteiger partial charge in [0.15, 0.2) is 0 Å². The van der Waals surface area contributed by atoms with Crippen molar-refractivity contribution in [3.8, 4) is 22.6 Å². The van der Waals surface area contributed by atoms with Gasteiger partial charge in [-0.3, -0.25) is 18.2 Å². The van der Waals surface area contributed by atoms with Gasteiger partial charge in [-0.2, -0.15) is 0 Å². The number of aromatic carboxylic acids is 1. The second-order valence-corrected chi connectivity index (χ2v) is 25.7. The lowest BCUT2D eigenvalue weighted by Gasteiger charge is -2.25. The quantitative estimate of drug-likeness (QED) is 0.0279. The van der Waals surface area contributed by atoms with E-state index < -0.39 is 43.6 Å². The van der Waals surface area contributed by atoms with Crippen LogP contribution in [-0.4, -0.2) is 145 Å². The van der Waals surface area contributed by atoms with Crippen molar-refractivity contribution in [2.24, 2.45) is 0 Å². The van der Waals surface area contributed by atoms with Crippen LogP contribution in [0.25, 0.3) is 44.6 Å². The highest BCUT2D eigenvalue weighted by atomic mass is 32.2. The van der Waals surface area contributed by atoms with Crippen LogP contribution in [0.15, 0.2) is 130 Å². The molecule has 24 heteroatoms. The Balaban J connectivity index is 0.000000215. The number of benzene rings is 6. The van der Waals surface area contributed by atoms with Gasteiger partial charge in [0.1, 0.15) is 34.3 Å². The van der Waals surface area contributed by atoms with Crippen molar-refractivity contribution < 1.29 is 82.4 Å². The summed E-state index contributed by atoms with van der Waals surface area (Å²) in [4.78, 5) is 49.4. The van der Waals surface area contributed by atoms with Crippen LogP contribution in [0.2, 0.25) is 0 Å². The molecule has 0 bridgehead atoms. The zero-order valence-electron chi connectivity index (χ0n) is 51.1. The number of anilines is 2. The number of methoxy groups -OCH3 is 1. The van der Waals surface area contributed by atoms with Crippen LogP contribution in [-0.2, 0) is 56.6 Å². The number of fused-ring (bicyclic) bond motifs is 2. The summed E-state index contributed by atoms with van der Waals surface area (Å²) < 4.78 is 122. The van der Waals surface area contributed by atoms with Gasteiger partial charge in [0, 0.05) is 48.1 Å². The molecule has 0 radical (unpaired) electrons. The molecule has 2 aliphatic carbocycles. The molecule has 2 amide bonds. The molecule has 0 atom stereocenters. The summed E-state index contributed by atoms with van der Waals surface area (Å²) in [7, 11) is -3.07. The van der Waals surface area contributed by atoms with Crippen molar-refractivity contribution in [1.29, 1.82) is 0 Å². The number of carbonyl (C=O) groups excluding carboxylic acids is 3. The lowest BCUT2D eigenvalue weighted by molar-refractivity contribution is 0.0516. The molecule has 0 aliphatic heterocycles. The Morgan fingerprint density at radius 2 is 0.912 bits per heavy atom. The average Bonchev–Trinajstić information content (AvgIpc) is 1.63. The first-order valence-electron chi connectivity index (χ1n) is 29.6. The smallest absolute Gasteiger partial charge is 0.338 e. The molecule has 0 saturated heterocycles. The van der Waals surface area contributed by atoms with Gasteiger partial charge in [-0.15, -0.1) is 0 Å². The van der Waals surface area contributed by atoms with Gasteiger partial charge in [0.05, 0.1) is 119 Å². The molecule has 2 heterocycles. The van der Waals surface area contributed by atoms with E-state index >= 15 is 0 Å². The Kier molecular flexibility index (Phi) is 22.1. The van der Waals surface area contributed by atoms with Crippen molar-refractivity contribution in [1.82, 2.24) is 10.6 Å². The molecule has 6 aromatic carbocycles. The summed E-state index contributed by atoms with van der Waals surface area (Å²) in [6.07, 6.45) is 6.81. The van der Waals surface area contributed by atoms with Crippen LogP contribution >= 0.6 is 0 Å². The highest BCUT2D eigenvalue weighted by Crippen LogP contribution is 2.50. The fourth-order valence-electron chi connectivity index (χ4n) is 10.7. The van der Waals surface area contributed by atoms with Gasteiger partial charge in [0.2, 0.25) is 20.0 Å². The number of ether oxygens (including phenoxy) is 5. The van der Waals surface area contributed by atoms with Crippen molar-refractivity contribution in [3.05, 3.63) is 177 Å². The van der Waals surface area contributed by atoms with Gasteiger partial charge < -0.3 is 48.3 Å². The average molecular weight is 1290 g/mol. The van der Waals surface area contributed by atoms with Gasteiger partial charge in [-0.1, -0.05) is 36.4 Å². The van der Waals surface area contributed by atoms with E-state index in [1.54, 1.807) is 48.5 Å². The van der Waals surface area contributed by atoms with Crippen molar-refractivity contribution in [2.75, 3.05) is 108 Å². The predicted octanol–water partition coefficient (Wildman–Crippen LogP) is 10.5. The zero-order valence-corrected chi connectivity index (χ0v) is 52.7. The first-order valence-corrected chi connectivity index (χ1v) is 33.3. The van der Waals surface area contributed by atoms with Crippen LogP contribution in [0.4, 0.5) is 20.2 Å². The van der Waals surface area contributed by atoms with Crippen molar-refractivity contribution >= 4 is 77.1 Å². The minimum absolute atomic E-state index is 0.0455. The third-order valence-electron chi connectivity index (χ3n) is 15.5. The molecule has 8 aromatic rings. The summed E-state index contributed by atoms with van der Waals surface area (Å²) >= 11 is 0. The van der Waals surface area contributed by atoms with Gasteiger partial charge >= 0.3 is 11.9 Å². The van der Waals surface area contributed by atoms with E-state index in [0.29, 0.717) is 99.4 Å². The van der Waals surface area contributed by atoms with E-state index in [2.05, 4.69) is 10.6 Å². The summed E-state index contributed by atoms with van der Waals surface area (Å²) in [5, 5.41) is 15.7. The van der Waals surface area contributed by atoms with E-state index in [4.69, 9.17) is 32.5 Å². The number of rotatable bonds is 30. The molecule has 0 spiro atoms. The number of hydrogen-bond donors (Lipinski definition) is 3. The number of esters is 1. The minimum atomic E-state index is -3.73. The lowest BCUT2D eigenvalue weighted by atomic mass is 10.0. The first kappa shape index (κ1) is 66.9. The fourth-order valence-corrected chi connectivity index (χ4v) is 12.6. The summed E-state index contributed by atoms with van der Waals surface area (Å²) in [5.74, 6) is -2.14. The Morgan fingerprint density at radius 1 is 0.538 bits per heavy atom. The zero-order chi connectivity index (χ0) is 65.0. The van der Waals surface area contributed by atoms with E-state index in [1.165, 1.54) is 78.3 Å². The molecular weight excluding hydrogens is 1220 g/mol. The van der Waals surface area contributed by atoms with E-state index in [-0.39, 0.29) is 86.9 Å². The number of carbonyl (C=O) groups is 4. The molecule has 20 nitrogen and oxygen atoms in total. The standard InChI is InChI=1S/C34H37FN2O8S.C33H35FN2O8S/c1-36-33(38)31-28-20-27(23-8-9-23)29(21-30(28)45-32(31)24-10-12-25(35)13-11-24)37(46(3,40)41)15-17-44-19-18-43-16-14-22-6-4-5-7-26(22)34(39)42-2;1-35-32(37)30-27-19-26(22-7-8-22)28(20-29(27)44-31(30)23-9-11-24(34)12-10-23)36(45(2,40)41)14-16-43-18-17-42-15-13-21-5-3-4-6-25(21)33(38)39/h4-7,10-13,20-21,23H,8-9,14-19H2,1-3H3,(H,36,38);3-6,9-12,19-20,22H,7-8,13-18H2,1-2H3,(H,35,37)(H,38,39). The molecular formula is C67H72F2N4O16S2. The fraction of sp³-hybridized carbons (Fsp3) is 0.343. The topological polar surface area (TPSA) is 260 Å². The summed E-state index contributed by atoms with van der Waals surface area (Å²) in [6, 6.07) is 32.2. The predicted molar refractivity (Wildman–Crippen MR) is 340 cm³/mol. The van der Waals surface area contributed by atoms with Crippen LogP contribution in [0.1, 0.15) is 101 Å². The van der Waals surface area contributed by atoms with Crippen molar-refractivity contribution in [2.45, 2.75) is 50.4 Å². The highest BCUT2D eigenvalue weighted by molar-refractivity contribution is 7.92. The number of hydrogen-bond acceptors (Lipinski definition) is 15. The molecule has 3 N–H and O–H groups in total. The van der Waals surface area contributed by atoms with Crippen LogP contribution in [0.5, 0.6) is 0 Å². The number of nitrogens with one attached hydrogen (secondary N) is 2. The van der Waals surface area contributed by atoms with Crippen molar-refractivity contribution in [3.63, 3.8) is 0 Å². The highest BCUT2D eigenvalue weighted by Gasteiger charge is 2.35. The molecule has 482 valence electrons. The van der Waals surface area contributed by atoms with E-state index in [9.17, 15) is 49.9 Å². The molecule has 91 heavy (non-hydrogen) atoms. The van der Waals surface area contributed by atoms with E-state index in [1.807, 2.05) is 24.3 Å². The third-order valence-corrected chi connectivity index (χ3v) is 17.9. The molecule has 2 saturated carbocycles. The Labute approximate surface area is 526 Å². The Bertz CT molecular complexity index is 4150. The minimum Gasteiger partial charge on any atom is -0.478 e. The second kappa shape index (κ2) is 30.1. The van der Waals surface area contributed by atoms with E-state index in [0.717, 1.165) is 54.9 Å². The summed E-state index contributed by atoms with van der Waals surface area (Å²) in [6.45, 7) is 2.03. The van der Waals surface area contributed by atoms with Crippen LogP contribution in [0.3, 0.4) is 0 Å². The number of nitrogens with zero attached hydrogens (tertiary/aromatic N) is 2. The molecule has 2 aromatic heterocycles. The lowest BCUT2D eigenvalue weighted by Crippen LogP contribution is -2.34. The molecule has 2 fully saturated rings.